The van der Waals surface area contributed by atoms with Crippen molar-refractivity contribution in [3.05, 3.63) is 35.3 Å². The molecule has 0 radical (unpaired) electrons. The zero-order valence-electron chi connectivity index (χ0n) is 6.26. The van der Waals surface area contributed by atoms with Gasteiger partial charge in [-0.3, -0.25) is 0 Å². The summed E-state index contributed by atoms with van der Waals surface area (Å²) in [5.74, 6) is 0. The molecule has 0 saturated heterocycles. The van der Waals surface area contributed by atoms with Gasteiger partial charge in [-0.25, -0.2) is 0 Å². The molecule has 2 nitrogen and oxygen atoms in total. The van der Waals surface area contributed by atoms with Crippen LogP contribution in [0.2, 0.25) is 0 Å². The number of aryl methyl sites for hydroxylation is 1. The molecule has 0 spiro atoms. The normalized spacial score (nSPS) is 9.40. The summed E-state index contributed by atoms with van der Waals surface area (Å²) in [7, 11) is 1.72. The fraction of sp³-hybridized carbons (Fsp3) is 0.250. The predicted octanol–water partition coefficient (Wildman–Crippen LogP) is 2.33. The SMILES string of the molecule is C[N-]Nc1ccc(C)cc1. The molecule has 0 heterocycles. The Morgan fingerprint density at radius 1 is 1.20 bits per heavy atom. The number of rotatable bonds is 2. The Morgan fingerprint density at radius 2 is 1.80 bits per heavy atom. The second-order valence-electron chi connectivity index (χ2n) is 2.20. The third-order valence-corrected chi connectivity index (χ3v) is 1.29. The number of nitrogens with zero attached hydrogens (tertiary/aromatic N) is 1. The number of hydrogen-bond acceptors (Lipinski definition) is 1. The van der Waals surface area contributed by atoms with Crippen LogP contribution in [0, 0.1) is 6.92 Å². The molecule has 54 valence electrons. The van der Waals surface area contributed by atoms with Crippen LogP contribution in [0.4, 0.5) is 5.69 Å². The number of benzene rings is 1. The molecule has 0 atom stereocenters. The van der Waals surface area contributed by atoms with Gasteiger partial charge in [0, 0.05) is 5.69 Å². The molecule has 0 amide bonds. The maximum Gasteiger partial charge on any atom is 0.0170 e. The summed E-state index contributed by atoms with van der Waals surface area (Å²) in [5, 5.41) is 0. The molecule has 0 aromatic heterocycles. The highest BCUT2D eigenvalue weighted by Crippen LogP contribution is 2.08. The highest BCUT2D eigenvalue weighted by atomic mass is 15.3. The van der Waals surface area contributed by atoms with Crippen molar-refractivity contribution in [3.8, 4) is 0 Å². The first-order valence-electron chi connectivity index (χ1n) is 3.24. The van der Waals surface area contributed by atoms with Crippen LogP contribution in [0.1, 0.15) is 5.56 Å². The highest BCUT2D eigenvalue weighted by Gasteiger charge is 1.82. The minimum absolute atomic E-state index is 1.04. The largest absolute Gasteiger partial charge is 0.574 e. The van der Waals surface area contributed by atoms with Gasteiger partial charge in [0.15, 0.2) is 0 Å². The van der Waals surface area contributed by atoms with Crippen molar-refractivity contribution in [2.24, 2.45) is 0 Å². The van der Waals surface area contributed by atoms with E-state index in [9.17, 15) is 0 Å². The molecule has 0 aliphatic heterocycles. The van der Waals surface area contributed by atoms with E-state index in [-0.39, 0.29) is 0 Å². The van der Waals surface area contributed by atoms with E-state index in [0.717, 1.165) is 5.69 Å². The average Bonchev–Trinajstić information content (AvgIpc) is 1.95. The van der Waals surface area contributed by atoms with Crippen LogP contribution in [0.15, 0.2) is 24.3 Å². The smallest absolute Gasteiger partial charge is 0.0170 e. The lowest BCUT2D eigenvalue weighted by Gasteiger charge is -2.15. The van der Waals surface area contributed by atoms with Crippen LogP contribution in [-0.2, 0) is 0 Å². The molecular formula is C8H11N2-. The Kier molecular flexibility index (Phi) is 2.29. The van der Waals surface area contributed by atoms with Crippen molar-refractivity contribution in [2.75, 3.05) is 12.5 Å². The number of nitrogens with one attached hydrogen (secondary N) is 1. The van der Waals surface area contributed by atoms with E-state index in [1.54, 1.807) is 7.05 Å². The molecule has 0 aliphatic carbocycles. The fourth-order valence-electron chi connectivity index (χ4n) is 0.757. The highest BCUT2D eigenvalue weighted by molar-refractivity contribution is 5.45. The zero-order chi connectivity index (χ0) is 7.40. The van der Waals surface area contributed by atoms with Gasteiger partial charge in [0.2, 0.25) is 0 Å². The Morgan fingerprint density at radius 3 is 2.30 bits per heavy atom. The summed E-state index contributed by atoms with van der Waals surface area (Å²) >= 11 is 0. The van der Waals surface area contributed by atoms with E-state index < -0.39 is 0 Å². The van der Waals surface area contributed by atoms with Crippen molar-refractivity contribution in [3.63, 3.8) is 0 Å². The maximum atomic E-state index is 3.79. The third kappa shape index (κ3) is 1.74. The van der Waals surface area contributed by atoms with Crippen LogP contribution in [0.5, 0.6) is 0 Å². The van der Waals surface area contributed by atoms with Gasteiger partial charge < -0.3 is 10.9 Å². The Bertz CT molecular complexity index is 191. The average molecular weight is 135 g/mol. The van der Waals surface area contributed by atoms with Crippen molar-refractivity contribution in [1.82, 2.24) is 0 Å². The molecular weight excluding hydrogens is 124 g/mol. The summed E-state index contributed by atoms with van der Waals surface area (Å²) in [5.41, 5.74) is 8.95. The van der Waals surface area contributed by atoms with Gasteiger partial charge in [-0.1, -0.05) is 17.7 Å². The maximum absolute atomic E-state index is 3.79. The lowest BCUT2D eigenvalue weighted by molar-refractivity contribution is 1.42. The molecule has 1 N–H and O–H groups in total. The van der Waals surface area contributed by atoms with Crippen molar-refractivity contribution in [1.29, 1.82) is 0 Å². The van der Waals surface area contributed by atoms with Gasteiger partial charge in [-0.15, -0.1) is 7.05 Å². The Hall–Kier alpha value is -1.02. The number of anilines is 1. The molecule has 1 aromatic carbocycles. The summed E-state index contributed by atoms with van der Waals surface area (Å²) in [6.07, 6.45) is 0. The van der Waals surface area contributed by atoms with E-state index in [2.05, 4.69) is 17.8 Å². The van der Waals surface area contributed by atoms with E-state index in [1.807, 2.05) is 24.3 Å². The van der Waals surface area contributed by atoms with E-state index in [4.69, 9.17) is 0 Å². The van der Waals surface area contributed by atoms with Gasteiger partial charge in [0.05, 0.1) is 0 Å². The van der Waals surface area contributed by atoms with E-state index in [0.29, 0.717) is 0 Å². The third-order valence-electron chi connectivity index (χ3n) is 1.29. The fourth-order valence-corrected chi connectivity index (χ4v) is 0.757. The molecule has 0 bridgehead atoms. The van der Waals surface area contributed by atoms with Crippen molar-refractivity contribution < 1.29 is 0 Å². The van der Waals surface area contributed by atoms with Crippen LogP contribution in [0.3, 0.4) is 0 Å². The summed E-state index contributed by atoms with van der Waals surface area (Å²) in [4.78, 5) is 0. The van der Waals surface area contributed by atoms with Gasteiger partial charge in [-0.2, -0.15) is 0 Å². The standard InChI is InChI=1S/C8H11N2/c1-7-3-5-8(6-4-7)10-9-2/h3-6,10H,1-2H3/q-1. The van der Waals surface area contributed by atoms with E-state index in [1.165, 1.54) is 5.56 Å². The Balaban J connectivity index is 2.69. The van der Waals surface area contributed by atoms with Gasteiger partial charge in [-0.05, 0) is 19.1 Å². The molecule has 10 heavy (non-hydrogen) atoms. The second-order valence-corrected chi connectivity index (χ2v) is 2.20. The summed E-state index contributed by atoms with van der Waals surface area (Å²) in [6, 6.07) is 8.10. The molecule has 0 unspecified atom stereocenters. The lowest BCUT2D eigenvalue weighted by atomic mass is 10.2. The first kappa shape index (κ1) is 7.09. The van der Waals surface area contributed by atoms with Crippen molar-refractivity contribution >= 4 is 5.69 Å². The van der Waals surface area contributed by atoms with Gasteiger partial charge in [0.1, 0.15) is 0 Å². The first-order valence-corrected chi connectivity index (χ1v) is 3.24. The molecule has 1 aromatic rings. The summed E-state index contributed by atoms with van der Waals surface area (Å²) in [6.45, 7) is 2.06. The van der Waals surface area contributed by atoms with Crippen LogP contribution in [-0.4, -0.2) is 7.05 Å². The van der Waals surface area contributed by atoms with Crippen molar-refractivity contribution in [2.45, 2.75) is 6.92 Å². The lowest BCUT2D eigenvalue weighted by Crippen LogP contribution is -1.87. The minimum atomic E-state index is 1.04. The molecule has 2 heteroatoms. The molecule has 1 rings (SSSR count). The number of hydrogen-bond donors (Lipinski definition) is 1. The second kappa shape index (κ2) is 3.22. The first-order chi connectivity index (χ1) is 4.83. The molecule has 0 aliphatic rings. The zero-order valence-corrected chi connectivity index (χ0v) is 6.26. The predicted molar refractivity (Wildman–Crippen MR) is 44.1 cm³/mol. The van der Waals surface area contributed by atoms with Crippen LogP contribution < -0.4 is 5.43 Å². The van der Waals surface area contributed by atoms with Gasteiger partial charge in [0.25, 0.3) is 0 Å². The quantitative estimate of drug-likeness (QED) is 0.619. The molecule has 0 saturated carbocycles. The monoisotopic (exact) mass is 135 g/mol. The van der Waals surface area contributed by atoms with E-state index >= 15 is 0 Å². The Labute approximate surface area is 61.2 Å². The van der Waals surface area contributed by atoms with Gasteiger partial charge >= 0.3 is 0 Å². The minimum Gasteiger partial charge on any atom is -0.574 e. The summed E-state index contributed by atoms with van der Waals surface area (Å²) < 4.78 is 0. The van der Waals surface area contributed by atoms with Crippen LogP contribution >= 0.6 is 0 Å². The van der Waals surface area contributed by atoms with Crippen LogP contribution in [0.25, 0.3) is 5.43 Å². The molecule has 0 fully saturated rings. The topological polar surface area (TPSA) is 26.1 Å².